The molecule has 0 spiro atoms. The van der Waals surface area contributed by atoms with Gasteiger partial charge in [0.2, 0.25) is 0 Å². The number of benzene rings is 2. The number of para-hydroxylation sites is 2. The molecule has 0 amide bonds. The van der Waals surface area contributed by atoms with E-state index >= 15 is 0 Å². The molecule has 0 fully saturated rings. The van der Waals surface area contributed by atoms with Crippen LogP contribution in [-0.4, -0.2) is 37.2 Å². The zero-order chi connectivity index (χ0) is 18.8. The minimum atomic E-state index is 0.598. The van der Waals surface area contributed by atoms with E-state index in [2.05, 4.69) is 5.32 Å². The Bertz CT molecular complexity index is 943. The Hall–Kier alpha value is -3.15. The minimum Gasteiger partial charge on any atom is -0.496 e. The van der Waals surface area contributed by atoms with Gasteiger partial charge >= 0.3 is 0 Å². The number of nitrogens with one attached hydrogen (secondary N) is 1. The second-order valence-electron chi connectivity index (χ2n) is 6.20. The third-order valence-corrected chi connectivity index (χ3v) is 4.71. The maximum absolute atomic E-state index is 5.82. The van der Waals surface area contributed by atoms with E-state index in [0.29, 0.717) is 6.61 Å². The van der Waals surface area contributed by atoms with Crippen molar-refractivity contribution in [3.63, 3.8) is 0 Å². The molecule has 2 aromatic carbocycles. The first-order valence-corrected chi connectivity index (χ1v) is 9.07. The Labute approximate surface area is 158 Å². The van der Waals surface area contributed by atoms with Crippen molar-refractivity contribution in [3.8, 4) is 34.2 Å². The first kappa shape index (κ1) is 17.3. The van der Waals surface area contributed by atoms with Gasteiger partial charge in [-0.2, -0.15) is 5.10 Å². The van der Waals surface area contributed by atoms with Crippen molar-refractivity contribution in [3.05, 3.63) is 48.0 Å². The van der Waals surface area contributed by atoms with Crippen LogP contribution < -0.4 is 19.5 Å². The van der Waals surface area contributed by atoms with Crippen LogP contribution in [0.25, 0.3) is 16.9 Å². The molecular weight excluding hydrogens is 342 g/mol. The maximum Gasteiger partial charge on any atom is 0.145 e. The molecule has 1 aliphatic rings. The summed E-state index contributed by atoms with van der Waals surface area (Å²) in [5.74, 6) is 3.28. The van der Waals surface area contributed by atoms with Gasteiger partial charge in [-0.1, -0.05) is 18.2 Å². The summed E-state index contributed by atoms with van der Waals surface area (Å²) in [6.45, 7) is 3.45. The van der Waals surface area contributed by atoms with Crippen LogP contribution in [0.2, 0.25) is 0 Å². The molecule has 2 heterocycles. The summed E-state index contributed by atoms with van der Waals surface area (Å²) < 4.78 is 19.0. The van der Waals surface area contributed by atoms with Gasteiger partial charge in [0.15, 0.2) is 0 Å². The fourth-order valence-corrected chi connectivity index (χ4v) is 3.54. The highest BCUT2D eigenvalue weighted by molar-refractivity contribution is 5.81. The van der Waals surface area contributed by atoms with Gasteiger partial charge in [-0.3, -0.25) is 0 Å². The quantitative estimate of drug-likeness (QED) is 0.717. The Morgan fingerprint density at radius 1 is 1.00 bits per heavy atom. The number of fused-ring (bicyclic) bond motifs is 1. The first-order valence-electron chi connectivity index (χ1n) is 9.07. The summed E-state index contributed by atoms with van der Waals surface area (Å²) in [4.78, 5) is 0. The van der Waals surface area contributed by atoms with Gasteiger partial charge < -0.3 is 19.5 Å². The molecule has 6 nitrogen and oxygen atoms in total. The van der Waals surface area contributed by atoms with Crippen LogP contribution in [0.5, 0.6) is 17.2 Å². The molecule has 1 N–H and O–H groups in total. The van der Waals surface area contributed by atoms with E-state index in [0.717, 1.165) is 58.5 Å². The normalized spacial score (nSPS) is 12.4. The van der Waals surface area contributed by atoms with Gasteiger partial charge in [-0.05, 0) is 37.6 Å². The van der Waals surface area contributed by atoms with E-state index in [9.17, 15) is 0 Å². The maximum atomic E-state index is 5.82. The van der Waals surface area contributed by atoms with Crippen molar-refractivity contribution in [2.45, 2.75) is 13.3 Å². The van der Waals surface area contributed by atoms with Gasteiger partial charge in [0, 0.05) is 12.1 Å². The summed E-state index contributed by atoms with van der Waals surface area (Å²) in [7, 11) is 3.33. The lowest BCUT2D eigenvalue weighted by Gasteiger charge is -2.13. The number of methoxy groups -OCH3 is 2. The molecule has 1 aliphatic heterocycles. The monoisotopic (exact) mass is 365 g/mol. The van der Waals surface area contributed by atoms with E-state index in [1.165, 1.54) is 0 Å². The predicted octanol–water partition coefficient (Wildman–Crippen LogP) is 3.92. The highest BCUT2D eigenvalue weighted by atomic mass is 16.5. The SMILES string of the molecule is CCOc1ccccc1-n1nc(-c2c(OC)cccc2OC)c2c1NCC2. The van der Waals surface area contributed by atoms with Crippen LogP contribution in [0.1, 0.15) is 12.5 Å². The third kappa shape index (κ3) is 2.87. The minimum absolute atomic E-state index is 0.598. The van der Waals surface area contributed by atoms with Gasteiger partial charge in [0.05, 0.1) is 26.4 Å². The van der Waals surface area contributed by atoms with Gasteiger partial charge in [0.1, 0.15) is 34.4 Å². The van der Waals surface area contributed by atoms with Crippen LogP contribution >= 0.6 is 0 Å². The molecule has 4 rings (SSSR count). The van der Waals surface area contributed by atoms with Gasteiger partial charge in [0.25, 0.3) is 0 Å². The average Bonchev–Trinajstić information content (AvgIpc) is 3.31. The topological polar surface area (TPSA) is 57.5 Å². The number of aromatic nitrogens is 2. The summed E-state index contributed by atoms with van der Waals surface area (Å²) in [6, 6.07) is 13.7. The molecule has 27 heavy (non-hydrogen) atoms. The molecular formula is C21H23N3O3. The molecule has 0 unspecified atom stereocenters. The molecule has 3 aromatic rings. The second kappa shape index (κ2) is 7.23. The molecule has 0 saturated carbocycles. The van der Waals surface area contributed by atoms with E-state index in [1.807, 2.05) is 54.1 Å². The van der Waals surface area contributed by atoms with Crippen LogP contribution in [-0.2, 0) is 6.42 Å². The molecule has 0 aliphatic carbocycles. The van der Waals surface area contributed by atoms with Gasteiger partial charge in [-0.15, -0.1) is 0 Å². The largest absolute Gasteiger partial charge is 0.496 e. The smallest absolute Gasteiger partial charge is 0.145 e. The molecule has 0 saturated heterocycles. The molecule has 0 bridgehead atoms. The van der Waals surface area contributed by atoms with E-state index in [1.54, 1.807) is 14.2 Å². The van der Waals surface area contributed by atoms with Crippen LogP contribution in [0.15, 0.2) is 42.5 Å². The van der Waals surface area contributed by atoms with E-state index in [4.69, 9.17) is 19.3 Å². The number of rotatable bonds is 6. The zero-order valence-corrected chi connectivity index (χ0v) is 15.8. The Morgan fingerprint density at radius 3 is 2.41 bits per heavy atom. The highest BCUT2D eigenvalue weighted by Gasteiger charge is 2.28. The Kier molecular flexibility index (Phi) is 4.62. The van der Waals surface area contributed by atoms with Crippen molar-refractivity contribution in [2.24, 2.45) is 0 Å². The predicted molar refractivity (Wildman–Crippen MR) is 105 cm³/mol. The van der Waals surface area contributed by atoms with Crippen molar-refractivity contribution >= 4 is 5.82 Å². The van der Waals surface area contributed by atoms with Crippen LogP contribution in [0.3, 0.4) is 0 Å². The lowest BCUT2D eigenvalue weighted by molar-refractivity contribution is 0.338. The standard InChI is InChI=1S/C21H23N3O3/c1-4-27-16-9-6-5-8-15(16)24-21-14(12-13-22-21)20(23-24)19-17(25-2)10-7-11-18(19)26-3/h5-11,22H,4,12-13H2,1-3H3. The Morgan fingerprint density at radius 2 is 1.70 bits per heavy atom. The lowest BCUT2D eigenvalue weighted by Crippen LogP contribution is -2.06. The fraction of sp³-hybridized carbons (Fsp3) is 0.286. The summed E-state index contributed by atoms with van der Waals surface area (Å²) in [5.41, 5.74) is 3.81. The van der Waals surface area contributed by atoms with Crippen molar-refractivity contribution in [1.29, 1.82) is 0 Å². The number of ether oxygens (including phenoxy) is 3. The summed E-state index contributed by atoms with van der Waals surface area (Å²) in [5, 5.41) is 8.41. The first-order chi connectivity index (χ1) is 13.3. The van der Waals surface area contributed by atoms with Gasteiger partial charge in [-0.25, -0.2) is 4.68 Å². The highest BCUT2D eigenvalue weighted by Crippen LogP contribution is 2.43. The van der Waals surface area contributed by atoms with E-state index < -0.39 is 0 Å². The number of nitrogens with zero attached hydrogens (tertiary/aromatic N) is 2. The third-order valence-electron chi connectivity index (χ3n) is 4.71. The van der Waals surface area contributed by atoms with Crippen LogP contribution in [0.4, 0.5) is 5.82 Å². The van der Waals surface area contributed by atoms with Crippen molar-refractivity contribution in [1.82, 2.24) is 9.78 Å². The molecule has 140 valence electrons. The number of hydrogen-bond donors (Lipinski definition) is 1. The molecule has 1 aromatic heterocycles. The second-order valence-corrected chi connectivity index (χ2v) is 6.20. The zero-order valence-electron chi connectivity index (χ0n) is 15.8. The van der Waals surface area contributed by atoms with Crippen molar-refractivity contribution in [2.75, 3.05) is 32.7 Å². The molecule has 0 radical (unpaired) electrons. The van der Waals surface area contributed by atoms with Crippen molar-refractivity contribution < 1.29 is 14.2 Å². The fourth-order valence-electron chi connectivity index (χ4n) is 3.54. The van der Waals surface area contributed by atoms with E-state index in [-0.39, 0.29) is 0 Å². The number of anilines is 1. The number of hydrogen-bond acceptors (Lipinski definition) is 5. The lowest BCUT2D eigenvalue weighted by atomic mass is 10.0. The summed E-state index contributed by atoms with van der Waals surface area (Å²) in [6.07, 6.45) is 0.892. The molecule has 0 atom stereocenters. The average molecular weight is 365 g/mol. The Balaban J connectivity index is 1.94. The summed E-state index contributed by atoms with van der Waals surface area (Å²) >= 11 is 0. The van der Waals surface area contributed by atoms with Crippen LogP contribution in [0, 0.1) is 0 Å². The molecule has 6 heteroatoms.